The molecule has 0 saturated heterocycles. The molecule has 1 aromatic carbocycles. The molecule has 21 heavy (non-hydrogen) atoms. The van der Waals surface area contributed by atoms with Crippen LogP contribution in [0.3, 0.4) is 0 Å². The number of carboxylic acids is 1. The van der Waals surface area contributed by atoms with Gasteiger partial charge >= 0.3 is 12.0 Å². The van der Waals surface area contributed by atoms with E-state index in [1.54, 1.807) is 18.2 Å². The fourth-order valence-electron chi connectivity index (χ4n) is 2.84. The van der Waals surface area contributed by atoms with Crippen LogP contribution in [0, 0.1) is 18.8 Å². The van der Waals surface area contributed by atoms with Crippen LogP contribution >= 0.6 is 0 Å². The number of aryl methyl sites for hydroxylation is 1. The summed E-state index contributed by atoms with van der Waals surface area (Å²) in [6.45, 7) is 6.14. The third-order valence-electron chi connectivity index (χ3n) is 4.44. The molecule has 0 bridgehead atoms. The molecule has 1 aliphatic carbocycles. The quantitative estimate of drug-likeness (QED) is 0.799. The first-order chi connectivity index (χ1) is 9.88. The SMILES string of the molecule is Cc1ccc(NC(=O)NC2CCC(C)C2C)c(C(=O)O)c1. The molecule has 0 aliphatic heterocycles. The maximum Gasteiger partial charge on any atom is 0.337 e. The van der Waals surface area contributed by atoms with E-state index in [2.05, 4.69) is 24.5 Å². The summed E-state index contributed by atoms with van der Waals surface area (Å²) < 4.78 is 0. The van der Waals surface area contributed by atoms with E-state index in [0.29, 0.717) is 17.5 Å². The van der Waals surface area contributed by atoms with Crippen molar-refractivity contribution in [1.82, 2.24) is 5.32 Å². The fourth-order valence-corrected chi connectivity index (χ4v) is 2.84. The van der Waals surface area contributed by atoms with E-state index in [9.17, 15) is 14.7 Å². The van der Waals surface area contributed by atoms with Gasteiger partial charge in [-0.25, -0.2) is 9.59 Å². The van der Waals surface area contributed by atoms with E-state index in [4.69, 9.17) is 0 Å². The highest BCUT2D eigenvalue weighted by atomic mass is 16.4. The number of carboxylic acid groups (broad SMARTS) is 1. The number of aromatic carboxylic acids is 1. The number of hydrogen-bond donors (Lipinski definition) is 3. The van der Waals surface area contributed by atoms with Gasteiger partial charge in [0.05, 0.1) is 11.3 Å². The van der Waals surface area contributed by atoms with Crippen molar-refractivity contribution in [3.8, 4) is 0 Å². The van der Waals surface area contributed by atoms with Crippen molar-refractivity contribution in [3.63, 3.8) is 0 Å². The Balaban J connectivity index is 2.05. The summed E-state index contributed by atoms with van der Waals surface area (Å²) in [5.41, 5.74) is 1.28. The van der Waals surface area contributed by atoms with E-state index < -0.39 is 5.97 Å². The molecule has 3 unspecified atom stereocenters. The molecule has 114 valence electrons. The second-order valence-corrected chi connectivity index (χ2v) is 5.97. The van der Waals surface area contributed by atoms with Gasteiger partial charge in [0.25, 0.3) is 0 Å². The van der Waals surface area contributed by atoms with Crippen molar-refractivity contribution < 1.29 is 14.7 Å². The smallest absolute Gasteiger partial charge is 0.337 e. The number of benzene rings is 1. The maximum absolute atomic E-state index is 12.1. The van der Waals surface area contributed by atoms with E-state index >= 15 is 0 Å². The minimum absolute atomic E-state index is 0.109. The number of carbonyl (C=O) groups is 2. The van der Waals surface area contributed by atoms with E-state index in [1.807, 2.05) is 6.92 Å². The van der Waals surface area contributed by atoms with Crippen LogP contribution in [0.5, 0.6) is 0 Å². The molecule has 0 heterocycles. The minimum Gasteiger partial charge on any atom is -0.478 e. The van der Waals surface area contributed by atoms with E-state index in [1.165, 1.54) is 0 Å². The predicted octanol–water partition coefficient (Wildman–Crippen LogP) is 3.25. The third kappa shape index (κ3) is 3.54. The molecule has 2 amide bonds. The molecule has 1 aliphatic rings. The zero-order valence-electron chi connectivity index (χ0n) is 12.6. The highest BCUT2D eigenvalue weighted by Gasteiger charge is 2.30. The Morgan fingerprint density at radius 3 is 2.52 bits per heavy atom. The number of urea groups is 1. The van der Waals surface area contributed by atoms with Crippen molar-refractivity contribution in [2.24, 2.45) is 11.8 Å². The molecular formula is C16H22N2O3. The summed E-state index contributed by atoms with van der Waals surface area (Å²) in [7, 11) is 0. The van der Waals surface area contributed by atoms with Gasteiger partial charge in [0.2, 0.25) is 0 Å². The lowest BCUT2D eigenvalue weighted by atomic mass is 9.98. The van der Waals surface area contributed by atoms with Crippen molar-refractivity contribution in [1.29, 1.82) is 0 Å². The van der Waals surface area contributed by atoms with Gasteiger partial charge in [-0.15, -0.1) is 0 Å². The Morgan fingerprint density at radius 1 is 1.24 bits per heavy atom. The molecule has 1 saturated carbocycles. The zero-order chi connectivity index (χ0) is 15.6. The normalized spacial score (nSPS) is 24.6. The second kappa shape index (κ2) is 6.16. The molecule has 0 spiro atoms. The van der Waals surface area contributed by atoms with Gasteiger partial charge in [-0.2, -0.15) is 0 Å². The molecule has 2 rings (SSSR count). The van der Waals surface area contributed by atoms with Gasteiger partial charge in [0.1, 0.15) is 0 Å². The van der Waals surface area contributed by atoms with Crippen molar-refractivity contribution in [2.45, 2.75) is 39.7 Å². The maximum atomic E-state index is 12.1. The van der Waals surface area contributed by atoms with Crippen LogP contribution < -0.4 is 10.6 Å². The summed E-state index contributed by atoms with van der Waals surface area (Å²) in [6.07, 6.45) is 2.08. The summed E-state index contributed by atoms with van der Waals surface area (Å²) in [4.78, 5) is 23.3. The van der Waals surface area contributed by atoms with Crippen LogP contribution in [0.4, 0.5) is 10.5 Å². The fraction of sp³-hybridized carbons (Fsp3) is 0.500. The second-order valence-electron chi connectivity index (χ2n) is 5.97. The van der Waals surface area contributed by atoms with Crippen LogP contribution in [0.1, 0.15) is 42.6 Å². The van der Waals surface area contributed by atoms with Crippen molar-refractivity contribution in [2.75, 3.05) is 5.32 Å². The molecule has 0 aromatic heterocycles. The lowest BCUT2D eigenvalue weighted by molar-refractivity contribution is 0.0698. The van der Waals surface area contributed by atoms with Crippen molar-refractivity contribution >= 4 is 17.7 Å². The summed E-state index contributed by atoms with van der Waals surface area (Å²) >= 11 is 0. The average Bonchev–Trinajstić information content (AvgIpc) is 2.72. The first-order valence-corrected chi connectivity index (χ1v) is 7.30. The van der Waals surface area contributed by atoms with Crippen LogP contribution in [0.15, 0.2) is 18.2 Å². The number of amides is 2. The topological polar surface area (TPSA) is 78.4 Å². The first kappa shape index (κ1) is 15.4. The molecule has 3 N–H and O–H groups in total. The highest BCUT2D eigenvalue weighted by Crippen LogP contribution is 2.31. The Labute approximate surface area is 124 Å². The van der Waals surface area contributed by atoms with Crippen LogP contribution in [-0.4, -0.2) is 23.1 Å². The monoisotopic (exact) mass is 290 g/mol. The van der Waals surface area contributed by atoms with Gasteiger partial charge in [-0.05, 0) is 43.7 Å². The lowest BCUT2D eigenvalue weighted by Crippen LogP contribution is -2.40. The molecule has 1 fully saturated rings. The van der Waals surface area contributed by atoms with Gasteiger partial charge in [0, 0.05) is 6.04 Å². The van der Waals surface area contributed by atoms with Gasteiger partial charge in [-0.1, -0.05) is 25.5 Å². The minimum atomic E-state index is -1.04. The largest absolute Gasteiger partial charge is 0.478 e. The standard InChI is InChI=1S/C16H22N2O3/c1-9-4-6-14(12(8-9)15(19)20)18-16(21)17-13-7-5-10(2)11(13)3/h4,6,8,10-11,13H,5,7H2,1-3H3,(H,19,20)(H2,17,18,21). The number of anilines is 1. The molecule has 1 aromatic rings. The predicted molar refractivity (Wildman–Crippen MR) is 81.6 cm³/mol. The Morgan fingerprint density at radius 2 is 1.95 bits per heavy atom. The molecule has 5 nitrogen and oxygen atoms in total. The molecule has 3 atom stereocenters. The summed E-state index contributed by atoms with van der Waals surface area (Å²) in [5, 5.41) is 14.8. The van der Waals surface area contributed by atoms with Crippen LogP contribution in [-0.2, 0) is 0 Å². The Kier molecular flexibility index (Phi) is 4.50. The van der Waals surface area contributed by atoms with Gasteiger partial charge < -0.3 is 15.7 Å². The molecule has 5 heteroatoms. The molecular weight excluding hydrogens is 268 g/mol. The Hall–Kier alpha value is -2.04. The Bertz CT molecular complexity index is 556. The number of hydrogen-bond acceptors (Lipinski definition) is 2. The summed E-state index contributed by atoms with van der Waals surface area (Å²) in [5.74, 6) is -0.00572. The number of carbonyl (C=O) groups excluding carboxylic acids is 1. The van der Waals surface area contributed by atoms with Crippen molar-refractivity contribution in [3.05, 3.63) is 29.3 Å². The average molecular weight is 290 g/mol. The van der Waals surface area contributed by atoms with Crippen LogP contribution in [0.2, 0.25) is 0 Å². The highest BCUT2D eigenvalue weighted by molar-refractivity contribution is 6.00. The molecule has 0 radical (unpaired) electrons. The number of nitrogens with one attached hydrogen (secondary N) is 2. The lowest BCUT2D eigenvalue weighted by Gasteiger charge is -2.20. The van der Waals surface area contributed by atoms with E-state index in [-0.39, 0.29) is 17.6 Å². The zero-order valence-corrected chi connectivity index (χ0v) is 12.6. The van der Waals surface area contributed by atoms with Gasteiger partial charge in [0.15, 0.2) is 0 Å². The first-order valence-electron chi connectivity index (χ1n) is 7.30. The van der Waals surface area contributed by atoms with E-state index in [0.717, 1.165) is 18.4 Å². The summed E-state index contributed by atoms with van der Waals surface area (Å²) in [6, 6.07) is 4.77. The van der Waals surface area contributed by atoms with Gasteiger partial charge in [-0.3, -0.25) is 0 Å². The third-order valence-corrected chi connectivity index (χ3v) is 4.44. The number of rotatable bonds is 3. The van der Waals surface area contributed by atoms with Crippen LogP contribution in [0.25, 0.3) is 0 Å².